The molecule has 1 aliphatic carbocycles. The summed E-state index contributed by atoms with van der Waals surface area (Å²) in [5.41, 5.74) is 1.38. The lowest BCUT2D eigenvalue weighted by Gasteiger charge is -2.36. The topological polar surface area (TPSA) is 62.5 Å². The predicted molar refractivity (Wildman–Crippen MR) is 83.4 cm³/mol. The van der Waals surface area contributed by atoms with E-state index in [0.717, 1.165) is 48.6 Å². The smallest absolute Gasteiger partial charge is 0.157 e. The molecule has 0 aromatic carbocycles. The molecule has 0 saturated heterocycles. The van der Waals surface area contributed by atoms with E-state index >= 15 is 0 Å². The monoisotopic (exact) mass is 288 g/mol. The Morgan fingerprint density at radius 3 is 2.86 bits per heavy atom. The number of rotatable bonds is 4. The molecule has 1 saturated carbocycles. The molecule has 2 aromatic heterocycles. The Balaban J connectivity index is 1.70. The first-order valence-corrected chi connectivity index (χ1v) is 7.86. The number of nitrogens with zero attached hydrogens (tertiary/aromatic N) is 3. The molecule has 3 rings (SSSR count). The summed E-state index contributed by atoms with van der Waals surface area (Å²) in [4.78, 5) is 4.22. The molecule has 2 aromatic rings. The van der Waals surface area contributed by atoms with Crippen LogP contribution < -0.4 is 5.32 Å². The number of aromatic nitrogens is 3. The van der Waals surface area contributed by atoms with Crippen molar-refractivity contribution < 1.29 is 5.11 Å². The van der Waals surface area contributed by atoms with Crippen LogP contribution in [0.5, 0.6) is 0 Å². The zero-order valence-corrected chi connectivity index (χ0v) is 12.8. The zero-order chi connectivity index (χ0) is 14.9. The van der Waals surface area contributed by atoms with Gasteiger partial charge < -0.3 is 10.4 Å². The van der Waals surface area contributed by atoms with Gasteiger partial charge >= 0.3 is 0 Å². The number of aliphatic hydroxyl groups is 1. The highest BCUT2D eigenvalue weighted by Gasteiger charge is 2.32. The summed E-state index contributed by atoms with van der Waals surface area (Å²) in [7, 11) is 0. The molecule has 2 heterocycles. The summed E-state index contributed by atoms with van der Waals surface area (Å²) < 4.78 is 1.79. The van der Waals surface area contributed by atoms with Crippen molar-refractivity contribution in [1.29, 1.82) is 0 Å². The number of nitrogens with one attached hydrogen (secondary N) is 1. The normalized spacial score (nSPS) is 26.1. The standard InChI is InChI=1S/C16H24N4O/c1-3-13-4-6-16(21,7-5-13)10-17-14-8-12(2)9-15-18-11-19-20(14)15/h8-9,11,13,17,21H,3-7,10H2,1-2H3. The molecule has 1 fully saturated rings. The molecule has 1 aliphatic rings. The van der Waals surface area contributed by atoms with Crippen molar-refractivity contribution in [2.45, 2.75) is 51.6 Å². The lowest BCUT2D eigenvalue weighted by molar-refractivity contribution is 0.00220. The van der Waals surface area contributed by atoms with Gasteiger partial charge in [-0.3, -0.25) is 0 Å². The highest BCUT2D eigenvalue weighted by Crippen LogP contribution is 2.33. The van der Waals surface area contributed by atoms with Gasteiger partial charge in [-0.15, -0.1) is 0 Å². The van der Waals surface area contributed by atoms with Crippen molar-refractivity contribution in [2.75, 3.05) is 11.9 Å². The SMILES string of the molecule is CCC1CCC(O)(CNc2cc(C)cc3ncnn23)CC1. The third-order valence-corrected chi connectivity index (χ3v) is 4.74. The first kappa shape index (κ1) is 14.3. The van der Waals surface area contributed by atoms with Crippen LogP contribution in [0.1, 0.15) is 44.6 Å². The maximum atomic E-state index is 10.7. The van der Waals surface area contributed by atoms with Crippen LogP contribution >= 0.6 is 0 Å². The first-order chi connectivity index (χ1) is 10.1. The Morgan fingerprint density at radius 2 is 2.14 bits per heavy atom. The Bertz CT molecular complexity index is 614. The summed E-state index contributed by atoms with van der Waals surface area (Å²) >= 11 is 0. The van der Waals surface area contributed by atoms with Crippen molar-refractivity contribution in [1.82, 2.24) is 14.6 Å². The van der Waals surface area contributed by atoms with E-state index in [4.69, 9.17) is 0 Å². The highest BCUT2D eigenvalue weighted by atomic mass is 16.3. The van der Waals surface area contributed by atoms with Crippen LogP contribution in [0.4, 0.5) is 5.82 Å². The molecule has 5 heteroatoms. The maximum absolute atomic E-state index is 10.7. The quantitative estimate of drug-likeness (QED) is 0.908. The molecule has 0 unspecified atom stereocenters. The van der Waals surface area contributed by atoms with Crippen LogP contribution in [0.25, 0.3) is 5.65 Å². The summed E-state index contributed by atoms with van der Waals surface area (Å²) in [5.74, 6) is 1.68. The van der Waals surface area contributed by atoms with Crippen LogP contribution in [-0.4, -0.2) is 31.9 Å². The van der Waals surface area contributed by atoms with Gasteiger partial charge in [0, 0.05) is 6.54 Å². The van der Waals surface area contributed by atoms with E-state index in [1.54, 1.807) is 10.8 Å². The van der Waals surface area contributed by atoms with Crippen LogP contribution in [0.2, 0.25) is 0 Å². The molecular formula is C16H24N4O. The second kappa shape index (κ2) is 5.64. The highest BCUT2D eigenvalue weighted by molar-refractivity contribution is 5.51. The van der Waals surface area contributed by atoms with Crippen LogP contribution in [0.3, 0.4) is 0 Å². The molecule has 0 aliphatic heterocycles. The van der Waals surface area contributed by atoms with Gasteiger partial charge in [0.15, 0.2) is 5.65 Å². The van der Waals surface area contributed by atoms with Crippen molar-refractivity contribution in [3.8, 4) is 0 Å². The first-order valence-electron chi connectivity index (χ1n) is 7.86. The second-order valence-electron chi connectivity index (χ2n) is 6.38. The van der Waals surface area contributed by atoms with Gasteiger partial charge in [0.1, 0.15) is 12.1 Å². The van der Waals surface area contributed by atoms with Gasteiger partial charge in [-0.1, -0.05) is 13.3 Å². The minimum absolute atomic E-state index is 0.571. The number of pyridine rings is 1. The number of aryl methyl sites for hydroxylation is 1. The molecule has 0 spiro atoms. The van der Waals surface area contributed by atoms with Crippen LogP contribution in [0, 0.1) is 12.8 Å². The largest absolute Gasteiger partial charge is 0.388 e. The summed E-state index contributed by atoms with van der Waals surface area (Å²) in [6, 6.07) is 4.04. The molecule has 5 nitrogen and oxygen atoms in total. The van der Waals surface area contributed by atoms with Crippen molar-refractivity contribution in [2.24, 2.45) is 5.92 Å². The number of anilines is 1. The Morgan fingerprint density at radius 1 is 1.38 bits per heavy atom. The lowest BCUT2D eigenvalue weighted by Crippen LogP contribution is -2.40. The third kappa shape index (κ3) is 3.02. The maximum Gasteiger partial charge on any atom is 0.157 e. The molecule has 0 bridgehead atoms. The molecule has 21 heavy (non-hydrogen) atoms. The Hall–Kier alpha value is -1.62. The third-order valence-electron chi connectivity index (χ3n) is 4.74. The fraction of sp³-hybridized carbons (Fsp3) is 0.625. The van der Waals surface area contributed by atoms with E-state index in [1.165, 1.54) is 6.42 Å². The Labute approximate surface area is 125 Å². The minimum atomic E-state index is -0.595. The van der Waals surface area contributed by atoms with Gasteiger partial charge in [-0.05, 0) is 56.2 Å². The van der Waals surface area contributed by atoms with E-state index in [9.17, 15) is 5.11 Å². The molecule has 0 radical (unpaired) electrons. The minimum Gasteiger partial charge on any atom is -0.388 e. The number of hydrogen-bond donors (Lipinski definition) is 2. The average Bonchev–Trinajstić information content (AvgIpc) is 2.94. The van der Waals surface area contributed by atoms with E-state index in [1.807, 2.05) is 19.1 Å². The van der Waals surface area contributed by atoms with Gasteiger partial charge in [0.2, 0.25) is 0 Å². The Kier molecular flexibility index (Phi) is 3.85. The molecule has 2 N–H and O–H groups in total. The van der Waals surface area contributed by atoms with Crippen molar-refractivity contribution in [3.05, 3.63) is 24.0 Å². The lowest BCUT2D eigenvalue weighted by atomic mass is 9.78. The van der Waals surface area contributed by atoms with Crippen molar-refractivity contribution in [3.63, 3.8) is 0 Å². The number of fused-ring (bicyclic) bond motifs is 1. The van der Waals surface area contributed by atoms with Crippen LogP contribution in [-0.2, 0) is 0 Å². The van der Waals surface area contributed by atoms with E-state index < -0.39 is 5.60 Å². The number of hydrogen-bond acceptors (Lipinski definition) is 4. The molecular weight excluding hydrogens is 264 g/mol. The van der Waals surface area contributed by atoms with E-state index in [2.05, 4.69) is 22.3 Å². The fourth-order valence-corrected chi connectivity index (χ4v) is 3.24. The zero-order valence-electron chi connectivity index (χ0n) is 12.8. The van der Waals surface area contributed by atoms with E-state index in [0.29, 0.717) is 6.54 Å². The molecule has 0 atom stereocenters. The van der Waals surface area contributed by atoms with Gasteiger partial charge in [-0.2, -0.15) is 9.61 Å². The van der Waals surface area contributed by atoms with Crippen molar-refractivity contribution >= 4 is 11.5 Å². The van der Waals surface area contributed by atoms with E-state index in [-0.39, 0.29) is 0 Å². The summed E-state index contributed by atoms with van der Waals surface area (Å²) in [5, 5.41) is 18.3. The van der Waals surface area contributed by atoms with Gasteiger partial charge in [0.05, 0.1) is 5.60 Å². The molecule has 114 valence electrons. The second-order valence-corrected chi connectivity index (χ2v) is 6.38. The fourth-order valence-electron chi connectivity index (χ4n) is 3.24. The van der Waals surface area contributed by atoms with Gasteiger partial charge in [-0.25, -0.2) is 4.98 Å². The summed E-state index contributed by atoms with van der Waals surface area (Å²) in [6.45, 7) is 4.85. The predicted octanol–water partition coefficient (Wildman–Crippen LogP) is 2.78. The average molecular weight is 288 g/mol. The molecule has 0 amide bonds. The summed E-state index contributed by atoms with van der Waals surface area (Å²) in [6.07, 6.45) is 6.79. The van der Waals surface area contributed by atoms with Gasteiger partial charge in [0.25, 0.3) is 0 Å². The van der Waals surface area contributed by atoms with Crippen LogP contribution in [0.15, 0.2) is 18.5 Å².